The monoisotopic (exact) mass is 276 g/mol. The van der Waals surface area contributed by atoms with Crippen LogP contribution in [0.25, 0.3) is 0 Å². The number of rotatable bonds is 3. The number of benzene rings is 1. The number of hydrogen-bond donors (Lipinski definition) is 1. The lowest BCUT2D eigenvalue weighted by atomic mass is 10.1. The van der Waals surface area contributed by atoms with Crippen LogP contribution in [0.2, 0.25) is 5.02 Å². The van der Waals surface area contributed by atoms with Gasteiger partial charge in [0.2, 0.25) is 0 Å². The minimum absolute atomic E-state index is 0.439. The van der Waals surface area contributed by atoms with Crippen molar-refractivity contribution in [2.24, 2.45) is 0 Å². The van der Waals surface area contributed by atoms with E-state index in [1.54, 1.807) is 0 Å². The SMILES string of the molecule is O[C@@H](c1ccc(OC(F)F)c(Cl)c1)C(F)(F)F. The van der Waals surface area contributed by atoms with Crippen molar-refractivity contribution in [3.63, 3.8) is 0 Å². The first-order valence-electron chi connectivity index (χ1n) is 4.21. The van der Waals surface area contributed by atoms with Crippen molar-refractivity contribution in [1.29, 1.82) is 0 Å². The molecule has 0 radical (unpaired) electrons. The van der Waals surface area contributed by atoms with E-state index in [1.807, 2.05) is 0 Å². The Morgan fingerprint density at radius 1 is 1.24 bits per heavy atom. The summed E-state index contributed by atoms with van der Waals surface area (Å²) in [5.74, 6) is -0.459. The van der Waals surface area contributed by atoms with Crippen molar-refractivity contribution in [3.05, 3.63) is 28.8 Å². The van der Waals surface area contributed by atoms with Gasteiger partial charge in [0, 0.05) is 0 Å². The van der Waals surface area contributed by atoms with Crippen molar-refractivity contribution in [1.82, 2.24) is 0 Å². The van der Waals surface area contributed by atoms with Gasteiger partial charge in [-0.05, 0) is 17.7 Å². The number of alkyl halides is 5. The summed E-state index contributed by atoms with van der Waals surface area (Å²) in [6.07, 6.45) is -7.57. The van der Waals surface area contributed by atoms with Crippen LogP contribution >= 0.6 is 11.6 Å². The highest BCUT2D eigenvalue weighted by Gasteiger charge is 2.39. The van der Waals surface area contributed by atoms with E-state index in [9.17, 15) is 22.0 Å². The van der Waals surface area contributed by atoms with Crippen molar-refractivity contribution in [2.75, 3.05) is 0 Å². The van der Waals surface area contributed by atoms with Crippen molar-refractivity contribution < 1.29 is 31.8 Å². The average Bonchev–Trinajstić information content (AvgIpc) is 2.18. The van der Waals surface area contributed by atoms with E-state index in [2.05, 4.69) is 4.74 Å². The third kappa shape index (κ3) is 3.71. The highest BCUT2D eigenvalue weighted by molar-refractivity contribution is 6.32. The van der Waals surface area contributed by atoms with E-state index in [4.69, 9.17) is 16.7 Å². The molecule has 1 aromatic rings. The maximum absolute atomic E-state index is 12.1. The van der Waals surface area contributed by atoms with E-state index in [0.29, 0.717) is 0 Å². The fraction of sp³-hybridized carbons (Fsp3) is 0.333. The highest BCUT2D eigenvalue weighted by Crippen LogP contribution is 2.36. The van der Waals surface area contributed by atoms with Gasteiger partial charge in [-0.3, -0.25) is 0 Å². The highest BCUT2D eigenvalue weighted by atomic mass is 35.5. The standard InChI is InChI=1S/C9H6ClF5O2/c10-5-3-4(7(16)9(13,14)15)1-2-6(5)17-8(11)12/h1-3,7-8,16H/t7-/m0/s1. The Kier molecular flexibility index (Phi) is 4.16. The number of ether oxygens (including phenoxy) is 1. The molecular formula is C9H6ClF5O2. The summed E-state index contributed by atoms with van der Waals surface area (Å²) >= 11 is 5.43. The molecule has 0 bridgehead atoms. The molecule has 0 aliphatic heterocycles. The second-order valence-corrected chi connectivity index (χ2v) is 3.42. The molecule has 0 amide bonds. The molecule has 0 unspecified atom stereocenters. The smallest absolute Gasteiger partial charge is 0.418 e. The molecule has 1 atom stereocenters. The summed E-state index contributed by atoms with van der Waals surface area (Å²) in [4.78, 5) is 0. The van der Waals surface area contributed by atoms with Gasteiger partial charge in [-0.1, -0.05) is 17.7 Å². The third-order valence-electron chi connectivity index (χ3n) is 1.80. The predicted molar refractivity (Wildman–Crippen MR) is 49.1 cm³/mol. The zero-order valence-electron chi connectivity index (χ0n) is 8.01. The van der Waals surface area contributed by atoms with E-state index in [0.717, 1.165) is 18.2 Å². The molecule has 0 spiro atoms. The lowest BCUT2D eigenvalue weighted by Gasteiger charge is -2.16. The minimum atomic E-state index is -4.85. The first kappa shape index (κ1) is 14.0. The van der Waals surface area contributed by atoms with E-state index in [-0.39, 0.29) is 0 Å². The normalized spacial score (nSPS) is 13.9. The van der Waals surface area contributed by atoms with Crippen molar-refractivity contribution >= 4 is 11.6 Å². The van der Waals surface area contributed by atoms with Gasteiger partial charge in [0.25, 0.3) is 0 Å². The Hall–Kier alpha value is -1.08. The minimum Gasteiger partial charge on any atom is -0.433 e. The molecule has 0 saturated heterocycles. The molecule has 1 rings (SSSR count). The van der Waals surface area contributed by atoms with Gasteiger partial charge in [-0.25, -0.2) is 0 Å². The molecular weight excluding hydrogens is 271 g/mol. The molecule has 0 fully saturated rings. The van der Waals surface area contributed by atoms with Gasteiger partial charge in [0.15, 0.2) is 6.10 Å². The second kappa shape index (κ2) is 5.05. The van der Waals surface area contributed by atoms with Crippen LogP contribution in [0.5, 0.6) is 5.75 Å². The van der Waals surface area contributed by atoms with Crippen LogP contribution in [-0.4, -0.2) is 17.9 Å². The number of aliphatic hydroxyl groups is 1. The maximum atomic E-state index is 12.1. The van der Waals surface area contributed by atoms with Gasteiger partial charge in [0.1, 0.15) is 5.75 Å². The van der Waals surface area contributed by atoms with Crippen LogP contribution in [-0.2, 0) is 0 Å². The molecule has 1 aromatic carbocycles. The molecule has 1 N–H and O–H groups in total. The lowest BCUT2D eigenvalue weighted by molar-refractivity contribution is -0.206. The van der Waals surface area contributed by atoms with E-state index >= 15 is 0 Å². The van der Waals surface area contributed by atoms with Crippen molar-refractivity contribution in [3.8, 4) is 5.75 Å². The summed E-state index contributed by atoms with van der Waals surface area (Å²) < 4.78 is 64.0. The van der Waals surface area contributed by atoms with Crippen LogP contribution in [0.4, 0.5) is 22.0 Å². The van der Waals surface area contributed by atoms with Crippen LogP contribution in [0.15, 0.2) is 18.2 Å². The van der Waals surface area contributed by atoms with Gasteiger partial charge < -0.3 is 9.84 Å². The lowest BCUT2D eigenvalue weighted by Crippen LogP contribution is -2.20. The Labute approximate surface area is 97.6 Å². The molecule has 0 aliphatic carbocycles. The number of halogens is 6. The maximum Gasteiger partial charge on any atom is 0.418 e. The molecule has 8 heteroatoms. The molecule has 17 heavy (non-hydrogen) atoms. The molecule has 0 heterocycles. The molecule has 0 aliphatic rings. The van der Waals surface area contributed by atoms with Gasteiger partial charge >= 0.3 is 12.8 Å². The zero-order valence-corrected chi connectivity index (χ0v) is 8.77. The van der Waals surface area contributed by atoms with Crippen LogP contribution in [0, 0.1) is 0 Å². The van der Waals surface area contributed by atoms with Gasteiger partial charge in [0.05, 0.1) is 5.02 Å². The number of hydrogen-bond acceptors (Lipinski definition) is 2. The summed E-state index contributed by atoms with van der Waals surface area (Å²) in [5, 5.41) is 8.44. The quantitative estimate of drug-likeness (QED) is 0.856. The largest absolute Gasteiger partial charge is 0.433 e. The van der Waals surface area contributed by atoms with E-state index < -0.39 is 35.2 Å². The Balaban J connectivity index is 2.96. The summed E-state index contributed by atoms with van der Waals surface area (Å²) in [6, 6.07) is 2.36. The summed E-state index contributed by atoms with van der Waals surface area (Å²) in [5.41, 5.74) is -0.552. The Morgan fingerprint density at radius 3 is 2.24 bits per heavy atom. The fourth-order valence-corrected chi connectivity index (χ4v) is 1.30. The topological polar surface area (TPSA) is 29.5 Å². The fourth-order valence-electron chi connectivity index (χ4n) is 1.07. The van der Waals surface area contributed by atoms with Gasteiger partial charge in [-0.15, -0.1) is 0 Å². The summed E-state index contributed by atoms with van der Waals surface area (Å²) in [6.45, 7) is -3.13. The van der Waals surface area contributed by atoms with E-state index in [1.165, 1.54) is 0 Å². The molecule has 96 valence electrons. The molecule has 0 aromatic heterocycles. The van der Waals surface area contributed by atoms with Crippen LogP contribution in [0.3, 0.4) is 0 Å². The zero-order chi connectivity index (χ0) is 13.2. The number of aliphatic hydroxyl groups excluding tert-OH is 1. The Bertz CT molecular complexity index is 393. The van der Waals surface area contributed by atoms with Crippen LogP contribution < -0.4 is 4.74 Å². The predicted octanol–water partition coefficient (Wildman–Crippen LogP) is 3.54. The first-order valence-corrected chi connectivity index (χ1v) is 4.58. The average molecular weight is 277 g/mol. The third-order valence-corrected chi connectivity index (χ3v) is 2.09. The van der Waals surface area contributed by atoms with Crippen molar-refractivity contribution in [2.45, 2.75) is 18.9 Å². The Morgan fingerprint density at radius 2 is 1.82 bits per heavy atom. The first-order chi connectivity index (χ1) is 7.71. The molecule has 2 nitrogen and oxygen atoms in total. The molecule has 0 saturated carbocycles. The van der Waals surface area contributed by atoms with Gasteiger partial charge in [-0.2, -0.15) is 22.0 Å². The second-order valence-electron chi connectivity index (χ2n) is 3.01. The van der Waals surface area contributed by atoms with Crippen LogP contribution in [0.1, 0.15) is 11.7 Å². The summed E-state index contributed by atoms with van der Waals surface area (Å²) in [7, 11) is 0.